The molecule has 1 aliphatic heterocycles. The lowest BCUT2D eigenvalue weighted by Gasteiger charge is -2.20. The zero-order valence-corrected chi connectivity index (χ0v) is 29.6. The second kappa shape index (κ2) is 19.7. The van der Waals surface area contributed by atoms with Crippen LogP contribution in [0.5, 0.6) is 11.5 Å². The third-order valence-electron chi connectivity index (χ3n) is 8.45. The van der Waals surface area contributed by atoms with E-state index in [0.29, 0.717) is 13.2 Å². The van der Waals surface area contributed by atoms with Crippen LogP contribution in [0.1, 0.15) is 154 Å². The first kappa shape index (κ1) is 36.7. The molecule has 0 N–H and O–H groups in total. The van der Waals surface area contributed by atoms with Gasteiger partial charge in [-0.25, -0.2) is 0 Å². The number of fused-ring (bicyclic) bond motifs is 2. The fourth-order valence-electron chi connectivity index (χ4n) is 5.45. The van der Waals surface area contributed by atoms with Crippen molar-refractivity contribution in [3.8, 4) is 58.9 Å². The van der Waals surface area contributed by atoms with Gasteiger partial charge in [0.1, 0.15) is 11.5 Å². The minimum absolute atomic E-state index is 0.0254. The maximum Gasteiger partial charge on any atom is 0.134 e. The van der Waals surface area contributed by atoms with Gasteiger partial charge in [0.2, 0.25) is 0 Å². The normalized spacial score (nSPS) is 16.3. The van der Waals surface area contributed by atoms with Crippen molar-refractivity contribution in [2.75, 3.05) is 13.2 Å². The van der Waals surface area contributed by atoms with Crippen molar-refractivity contribution in [1.29, 1.82) is 0 Å². The van der Waals surface area contributed by atoms with Crippen molar-refractivity contribution >= 4 is 0 Å². The van der Waals surface area contributed by atoms with E-state index in [1.54, 1.807) is 0 Å². The summed E-state index contributed by atoms with van der Waals surface area (Å²) in [5.41, 5.74) is 4.25. The van der Waals surface area contributed by atoms with E-state index in [1.807, 2.05) is 0 Å². The molecule has 2 aromatic carbocycles. The first-order valence-corrected chi connectivity index (χ1v) is 17.7. The van der Waals surface area contributed by atoms with E-state index >= 15 is 0 Å². The van der Waals surface area contributed by atoms with Crippen LogP contribution in [0.15, 0.2) is 36.4 Å². The summed E-state index contributed by atoms with van der Waals surface area (Å²) in [4.78, 5) is 0. The Hall–Kier alpha value is -3.72. The van der Waals surface area contributed by atoms with Gasteiger partial charge in [0.25, 0.3) is 0 Å². The summed E-state index contributed by atoms with van der Waals surface area (Å²) in [6.45, 7) is 14.7. The van der Waals surface area contributed by atoms with Crippen molar-refractivity contribution in [2.24, 2.45) is 0 Å². The van der Waals surface area contributed by atoms with E-state index in [0.717, 1.165) is 35.5 Å². The summed E-state index contributed by atoms with van der Waals surface area (Å²) >= 11 is 0. The molecule has 0 radical (unpaired) electrons. The Balaban J connectivity index is 1.77. The number of ether oxygens (including phenoxy) is 2. The molecule has 0 atom stereocenters. The maximum absolute atomic E-state index is 6.20. The predicted octanol–water partition coefficient (Wildman–Crippen LogP) is 10.9. The molecule has 0 bridgehead atoms. The van der Waals surface area contributed by atoms with Gasteiger partial charge < -0.3 is 9.47 Å². The third-order valence-corrected chi connectivity index (χ3v) is 8.45. The highest BCUT2D eigenvalue weighted by Crippen LogP contribution is 2.29. The molecular weight excluding hydrogens is 560 g/mol. The number of benzene rings is 2. The lowest BCUT2D eigenvalue weighted by Crippen LogP contribution is -2.11. The van der Waals surface area contributed by atoms with E-state index in [2.05, 4.69) is 125 Å². The lowest BCUT2D eigenvalue weighted by atomic mass is 9.86. The van der Waals surface area contributed by atoms with Gasteiger partial charge in [-0.3, -0.25) is 0 Å². The van der Waals surface area contributed by atoms with Crippen molar-refractivity contribution in [3.05, 3.63) is 58.7 Å². The maximum atomic E-state index is 6.20. The van der Waals surface area contributed by atoms with E-state index < -0.39 is 0 Å². The summed E-state index contributed by atoms with van der Waals surface area (Å²) < 4.78 is 12.4. The van der Waals surface area contributed by atoms with E-state index in [9.17, 15) is 0 Å². The second-order valence-electron chi connectivity index (χ2n) is 14.6. The van der Waals surface area contributed by atoms with Gasteiger partial charge in [0.05, 0.1) is 24.3 Å². The molecule has 0 aliphatic carbocycles. The molecule has 0 spiro atoms. The van der Waals surface area contributed by atoms with Crippen LogP contribution in [-0.4, -0.2) is 13.2 Å². The molecule has 0 amide bonds. The fourth-order valence-corrected chi connectivity index (χ4v) is 5.45. The van der Waals surface area contributed by atoms with Gasteiger partial charge in [-0.1, -0.05) is 131 Å². The zero-order valence-electron chi connectivity index (χ0n) is 29.6. The monoisotopic (exact) mass is 616 g/mol. The summed E-state index contributed by atoms with van der Waals surface area (Å²) in [6.07, 6.45) is 18.0. The molecule has 0 aromatic heterocycles. The van der Waals surface area contributed by atoms with E-state index in [-0.39, 0.29) is 10.8 Å². The van der Waals surface area contributed by atoms with Crippen molar-refractivity contribution < 1.29 is 9.47 Å². The number of hydrogen-bond acceptors (Lipinski definition) is 2. The van der Waals surface area contributed by atoms with Gasteiger partial charge in [-0.15, -0.1) is 0 Å². The minimum Gasteiger partial charge on any atom is -0.492 e. The number of rotatable bonds is 0. The molecule has 0 saturated heterocycles. The first-order chi connectivity index (χ1) is 22.1. The first-order valence-electron chi connectivity index (χ1n) is 17.7. The standard InChI is InChI=1S/C44H56O2/c1-43(2,3)39-29-31-41-37(35-39)27-23-19-15-16-20-24-28-38-36-40(44(4,5)6)30-32-42(38)46-34-26-22-18-14-12-10-8-7-9-11-13-17-21-25-33-45-41/h29-32,35-36H,7-14,17-18,21-22,25-26,33-34H2,1-6H3. The Kier molecular flexibility index (Phi) is 15.8. The van der Waals surface area contributed by atoms with Crippen LogP contribution in [0.4, 0.5) is 0 Å². The van der Waals surface area contributed by atoms with Crippen LogP contribution in [0.2, 0.25) is 0 Å². The van der Waals surface area contributed by atoms with Crippen LogP contribution in [0.25, 0.3) is 0 Å². The molecule has 46 heavy (non-hydrogen) atoms. The van der Waals surface area contributed by atoms with Crippen LogP contribution in [-0.2, 0) is 10.8 Å². The molecule has 2 nitrogen and oxygen atoms in total. The largest absolute Gasteiger partial charge is 0.492 e. The third kappa shape index (κ3) is 14.1. The molecule has 2 heteroatoms. The minimum atomic E-state index is 0.0254. The molecule has 1 heterocycles. The van der Waals surface area contributed by atoms with Crippen molar-refractivity contribution in [2.45, 2.75) is 142 Å². The number of hydrogen-bond donors (Lipinski definition) is 0. The van der Waals surface area contributed by atoms with Crippen LogP contribution in [0.3, 0.4) is 0 Å². The van der Waals surface area contributed by atoms with Crippen molar-refractivity contribution in [1.82, 2.24) is 0 Å². The molecule has 244 valence electrons. The molecule has 2 aromatic rings. The summed E-state index contributed by atoms with van der Waals surface area (Å²) in [6, 6.07) is 12.7. The van der Waals surface area contributed by atoms with Gasteiger partial charge in [0.15, 0.2) is 0 Å². The highest BCUT2D eigenvalue weighted by atomic mass is 16.5. The average Bonchev–Trinajstić information content (AvgIpc) is 3.01. The molecule has 0 fully saturated rings. The smallest absolute Gasteiger partial charge is 0.134 e. The molecule has 3 rings (SSSR count). The highest BCUT2D eigenvalue weighted by molar-refractivity contribution is 5.54. The quantitative estimate of drug-likeness (QED) is 0.274. The highest BCUT2D eigenvalue weighted by Gasteiger charge is 2.16. The van der Waals surface area contributed by atoms with E-state index in [4.69, 9.17) is 9.47 Å². The van der Waals surface area contributed by atoms with Gasteiger partial charge >= 0.3 is 0 Å². The van der Waals surface area contributed by atoms with Gasteiger partial charge in [-0.2, -0.15) is 0 Å². The average molecular weight is 617 g/mol. The zero-order chi connectivity index (χ0) is 33.1. The summed E-state index contributed by atoms with van der Waals surface area (Å²) in [7, 11) is 0. The molecular formula is C44H56O2. The SMILES string of the molecule is CC(C)(C)c1ccc2c(c1)C#CC#CC#CC#Cc1cc(C(C)(C)C)ccc1OCCCCCCCCCCCCCCCCO2. The van der Waals surface area contributed by atoms with Crippen LogP contribution >= 0.6 is 0 Å². The van der Waals surface area contributed by atoms with Gasteiger partial charge in [0, 0.05) is 0 Å². The Labute approximate surface area is 281 Å². The predicted molar refractivity (Wildman–Crippen MR) is 195 cm³/mol. The molecule has 1 aliphatic rings. The Morgan fingerprint density at radius 3 is 1.04 bits per heavy atom. The Morgan fingerprint density at radius 1 is 0.413 bits per heavy atom. The fraction of sp³-hybridized carbons (Fsp3) is 0.545. The molecule has 0 unspecified atom stereocenters. The Bertz CT molecular complexity index is 1370. The second-order valence-corrected chi connectivity index (χ2v) is 14.6. The summed E-state index contributed by atoms with van der Waals surface area (Å²) in [5.74, 6) is 25.5. The van der Waals surface area contributed by atoms with E-state index in [1.165, 1.54) is 88.2 Å². The lowest BCUT2D eigenvalue weighted by molar-refractivity contribution is 0.303. The summed E-state index contributed by atoms with van der Waals surface area (Å²) in [5, 5.41) is 0. The van der Waals surface area contributed by atoms with Crippen molar-refractivity contribution in [3.63, 3.8) is 0 Å². The van der Waals surface area contributed by atoms with Crippen LogP contribution < -0.4 is 9.47 Å². The van der Waals surface area contributed by atoms with Crippen LogP contribution in [0, 0.1) is 47.4 Å². The Morgan fingerprint density at radius 2 is 0.717 bits per heavy atom. The topological polar surface area (TPSA) is 18.5 Å². The molecule has 0 saturated carbocycles. The van der Waals surface area contributed by atoms with Gasteiger partial charge in [-0.05, 0) is 106 Å².